The molecule has 3 aromatic rings. The van der Waals surface area contributed by atoms with E-state index >= 15 is 0 Å². The van der Waals surface area contributed by atoms with Gasteiger partial charge in [0.25, 0.3) is 0 Å². The van der Waals surface area contributed by atoms with Crippen LogP contribution in [0.25, 0.3) is 10.1 Å². The van der Waals surface area contributed by atoms with Gasteiger partial charge in [-0.3, -0.25) is 9.69 Å². The quantitative estimate of drug-likeness (QED) is 0.518. The summed E-state index contributed by atoms with van der Waals surface area (Å²) in [7, 11) is 0. The van der Waals surface area contributed by atoms with E-state index in [1.54, 1.807) is 11.3 Å². The number of ketones is 1. The Kier molecular flexibility index (Phi) is 5.47. The van der Waals surface area contributed by atoms with E-state index in [4.69, 9.17) is 0 Å². The fraction of sp³-hybridized carbons (Fsp3) is 0.348. The predicted molar refractivity (Wildman–Crippen MR) is 110 cm³/mol. The van der Waals surface area contributed by atoms with Crippen LogP contribution in [0.2, 0.25) is 0 Å². The molecule has 2 aromatic carbocycles. The Morgan fingerprint density at radius 3 is 2.65 bits per heavy atom. The Bertz CT molecular complexity index is 862. The molecule has 0 bridgehead atoms. The largest absolute Gasteiger partial charge is 0.299 e. The SMILES string of the molecule is O=C(CCC1CCN(Cc2ccccc2)CC1)c1ccc2sccc2c1. The molecule has 1 aliphatic heterocycles. The smallest absolute Gasteiger partial charge is 0.162 e. The van der Waals surface area contributed by atoms with Crippen molar-refractivity contribution in [3.63, 3.8) is 0 Å². The van der Waals surface area contributed by atoms with Gasteiger partial charge in [-0.05, 0) is 78.9 Å². The zero-order valence-corrected chi connectivity index (χ0v) is 15.9. The van der Waals surface area contributed by atoms with Crippen molar-refractivity contribution in [3.8, 4) is 0 Å². The lowest BCUT2D eigenvalue weighted by Crippen LogP contribution is -2.33. The van der Waals surface area contributed by atoms with Crippen LogP contribution in [0.5, 0.6) is 0 Å². The van der Waals surface area contributed by atoms with E-state index in [1.165, 1.54) is 28.5 Å². The minimum atomic E-state index is 0.296. The normalized spacial score (nSPS) is 16.2. The summed E-state index contributed by atoms with van der Waals surface area (Å²) in [6.07, 6.45) is 4.13. The monoisotopic (exact) mass is 363 g/mol. The second-order valence-corrected chi connectivity index (χ2v) is 8.29. The van der Waals surface area contributed by atoms with E-state index in [-0.39, 0.29) is 0 Å². The van der Waals surface area contributed by atoms with Gasteiger partial charge >= 0.3 is 0 Å². The Labute approximate surface area is 159 Å². The maximum atomic E-state index is 12.6. The van der Waals surface area contributed by atoms with Crippen LogP contribution in [-0.2, 0) is 6.54 Å². The van der Waals surface area contributed by atoms with Gasteiger partial charge < -0.3 is 0 Å². The van der Waals surface area contributed by atoms with Crippen LogP contribution in [-0.4, -0.2) is 23.8 Å². The number of thiophene rings is 1. The lowest BCUT2D eigenvalue weighted by molar-refractivity contribution is 0.0961. The van der Waals surface area contributed by atoms with Crippen LogP contribution in [0.1, 0.15) is 41.6 Å². The highest BCUT2D eigenvalue weighted by molar-refractivity contribution is 7.17. The van der Waals surface area contributed by atoms with E-state index < -0.39 is 0 Å². The number of carbonyl (C=O) groups is 1. The molecular weight excluding hydrogens is 338 g/mol. The third-order valence-corrected chi connectivity index (χ3v) is 6.41. The summed E-state index contributed by atoms with van der Waals surface area (Å²) in [5.74, 6) is 0.987. The third kappa shape index (κ3) is 4.22. The molecule has 0 spiro atoms. The Balaban J connectivity index is 1.25. The molecule has 2 heterocycles. The summed E-state index contributed by atoms with van der Waals surface area (Å²) in [6, 6.07) is 18.9. The summed E-state index contributed by atoms with van der Waals surface area (Å²) in [5, 5.41) is 3.28. The minimum Gasteiger partial charge on any atom is -0.299 e. The Hall–Kier alpha value is -1.97. The number of rotatable bonds is 6. The Morgan fingerprint density at radius 2 is 1.85 bits per heavy atom. The summed E-state index contributed by atoms with van der Waals surface area (Å²) < 4.78 is 1.26. The average Bonchev–Trinajstić information content (AvgIpc) is 3.16. The highest BCUT2D eigenvalue weighted by atomic mass is 32.1. The first kappa shape index (κ1) is 17.4. The van der Waals surface area contributed by atoms with E-state index in [0.717, 1.165) is 31.6 Å². The van der Waals surface area contributed by atoms with E-state index in [1.807, 2.05) is 6.07 Å². The maximum absolute atomic E-state index is 12.6. The van der Waals surface area contributed by atoms with Gasteiger partial charge in [0, 0.05) is 23.2 Å². The molecule has 134 valence electrons. The highest BCUT2D eigenvalue weighted by Gasteiger charge is 2.20. The first-order valence-electron chi connectivity index (χ1n) is 9.55. The Morgan fingerprint density at radius 1 is 1.04 bits per heavy atom. The fourth-order valence-corrected chi connectivity index (χ4v) is 4.67. The molecule has 0 amide bonds. The number of fused-ring (bicyclic) bond motifs is 1. The fourth-order valence-electron chi connectivity index (χ4n) is 3.89. The van der Waals surface area contributed by atoms with Crippen molar-refractivity contribution in [2.45, 2.75) is 32.2 Å². The molecule has 0 aliphatic carbocycles. The van der Waals surface area contributed by atoms with Gasteiger partial charge in [-0.2, -0.15) is 0 Å². The number of hydrogen-bond donors (Lipinski definition) is 0. The van der Waals surface area contributed by atoms with E-state index in [0.29, 0.717) is 18.1 Å². The van der Waals surface area contributed by atoms with Crippen molar-refractivity contribution in [2.24, 2.45) is 5.92 Å². The van der Waals surface area contributed by atoms with Gasteiger partial charge in [0.15, 0.2) is 5.78 Å². The van der Waals surface area contributed by atoms with Crippen LogP contribution in [0.4, 0.5) is 0 Å². The topological polar surface area (TPSA) is 20.3 Å². The number of nitrogens with zero attached hydrogens (tertiary/aromatic N) is 1. The van der Waals surface area contributed by atoms with Crippen molar-refractivity contribution in [1.82, 2.24) is 4.90 Å². The standard InChI is InChI=1S/C23H25NOS/c25-22(20-7-9-23-21(16-20)12-15-26-23)8-6-18-10-13-24(14-11-18)17-19-4-2-1-3-5-19/h1-5,7,9,12,15-16,18H,6,8,10-11,13-14,17H2. The van der Waals surface area contributed by atoms with E-state index in [2.05, 4.69) is 58.8 Å². The first-order chi connectivity index (χ1) is 12.8. The molecule has 0 saturated carbocycles. The van der Waals surface area contributed by atoms with Gasteiger partial charge in [-0.25, -0.2) is 0 Å². The number of benzene rings is 2. The van der Waals surface area contributed by atoms with Crippen LogP contribution < -0.4 is 0 Å². The maximum Gasteiger partial charge on any atom is 0.162 e. The van der Waals surface area contributed by atoms with Gasteiger partial charge in [-0.15, -0.1) is 11.3 Å². The lowest BCUT2D eigenvalue weighted by Gasteiger charge is -2.32. The summed E-state index contributed by atoms with van der Waals surface area (Å²) >= 11 is 1.73. The molecular formula is C23H25NOS. The van der Waals surface area contributed by atoms with Crippen molar-refractivity contribution in [3.05, 3.63) is 71.1 Å². The van der Waals surface area contributed by atoms with Crippen molar-refractivity contribution in [2.75, 3.05) is 13.1 Å². The second kappa shape index (κ2) is 8.15. The molecule has 1 aliphatic rings. The molecule has 0 unspecified atom stereocenters. The van der Waals surface area contributed by atoms with Crippen LogP contribution in [0.3, 0.4) is 0 Å². The number of hydrogen-bond acceptors (Lipinski definition) is 3. The van der Waals surface area contributed by atoms with Crippen LogP contribution in [0.15, 0.2) is 60.0 Å². The molecule has 2 nitrogen and oxygen atoms in total. The number of likely N-dealkylation sites (tertiary alicyclic amines) is 1. The van der Waals surface area contributed by atoms with Crippen LogP contribution in [0, 0.1) is 5.92 Å². The van der Waals surface area contributed by atoms with Crippen molar-refractivity contribution < 1.29 is 4.79 Å². The molecule has 1 fully saturated rings. The van der Waals surface area contributed by atoms with E-state index in [9.17, 15) is 4.79 Å². The zero-order chi connectivity index (χ0) is 17.8. The molecule has 0 atom stereocenters. The molecule has 4 rings (SSSR count). The highest BCUT2D eigenvalue weighted by Crippen LogP contribution is 2.26. The molecule has 0 radical (unpaired) electrons. The number of Topliss-reactive ketones (excluding diaryl/α,β-unsaturated/α-hetero) is 1. The van der Waals surface area contributed by atoms with Crippen LogP contribution >= 0.6 is 11.3 Å². The third-order valence-electron chi connectivity index (χ3n) is 5.51. The molecule has 1 aromatic heterocycles. The summed E-state index contributed by atoms with van der Waals surface area (Å²) in [5.41, 5.74) is 2.27. The van der Waals surface area contributed by atoms with Gasteiger partial charge in [0.2, 0.25) is 0 Å². The zero-order valence-electron chi connectivity index (χ0n) is 15.1. The number of carbonyl (C=O) groups excluding carboxylic acids is 1. The van der Waals surface area contributed by atoms with Gasteiger partial charge in [-0.1, -0.05) is 30.3 Å². The van der Waals surface area contributed by atoms with Gasteiger partial charge in [0.1, 0.15) is 0 Å². The summed E-state index contributed by atoms with van der Waals surface area (Å²) in [4.78, 5) is 15.1. The predicted octanol–water partition coefficient (Wildman–Crippen LogP) is 5.78. The molecule has 0 N–H and O–H groups in total. The first-order valence-corrected chi connectivity index (χ1v) is 10.4. The molecule has 1 saturated heterocycles. The lowest BCUT2D eigenvalue weighted by atomic mass is 9.90. The summed E-state index contributed by atoms with van der Waals surface area (Å²) in [6.45, 7) is 3.34. The van der Waals surface area contributed by atoms with Gasteiger partial charge in [0.05, 0.1) is 0 Å². The second-order valence-electron chi connectivity index (χ2n) is 7.34. The van der Waals surface area contributed by atoms with Crippen molar-refractivity contribution in [1.29, 1.82) is 0 Å². The average molecular weight is 364 g/mol. The number of piperidine rings is 1. The molecule has 3 heteroatoms. The van der Waals surface area contributed by atoms with Crippen molar-refractivity contribution >= 4 is 27.2 Å². The minimum absolute atomic E-state index is 0.296. The molecule has 26 heavy (non-hydrogen) atoms.